The number of nitrogens with zero attached hydrogens (tertiary/aromatic N) is 1. The van der Waals surface area contributed by atoms with Crippen LogP contribution >= 0.6 is 15.9 Å². The Hall–Kier alpha value is -1.85. The minimum Gasteiger partial charge on any atom is -0.496 e. The van der Waals surface area contributed by atoms with Crippen LogP contribution in [-0.2, 0) is 11.3 Å². The third kappa shape index (κ3) is 5.35. The summed E-state index contributed by atoms with van der Waals surface area (Å²) in [6, 6.07) is 11.9. The van der Waals surface area contributed by atoms with Crippen molar-refractivity contribution in [2.24, 2.45) is 0 Å². The molecule has 2 aromatic rings. The zero-order valence-corrected chi connectivity index (χ0v) is 16.1. The van der Waals surface area contributed by atoms with Gasteiger partial charge in [-0.25, -0.2) is 0 Å². The number of carbonyl (C=O) groups is 1. The van der Waals surface area contributed by atoms with E-state index in [9.17, 15) is 4.79 Å². The summed E-state index contributed by atoms with van der Waals surface area (Å²) < 4.78 is 6.37. The van der Waals surface area contributed by atoms with Crippen LogP contribution < -0.4 is 10.1 Å². The van der Waals surface area contributed by atoms with Crippen LogP contribution in [0.25, 0.3) is 0 Å². The number of amides is 1. The summed E-state index contributed by atoms with van der Waals surface area (Å²) in [6.45, 7) is 4.98. The molecule has 0 fully saturated rings. The molecule has 1 amide bonds. The molecule has 0 aliphatic carbocycles. The number of carbonyl (C=O) groups excluding carboxylic acids is 1. The summed E-state index contributed by atoms with van der Waals surface area (Å²) in [4.78, 5) is 14.2. The van der Waals surface area contributed by atoms with Crippen molar-refractivity contribution in [2.75, 3.05) is 26.0 Å². The van der Waals surface area contributed by atoms with Crippen molar-refractivity contribution < 1.29 is 9.53 Å². The number of halogens is 1. The van der Waals surface area contributed by atoms with Gasteiger partial charge in [0.15, 0.2) is 0 Å². The van der Waals surface area contributed by atoms with E-state index in [4.69, 9.17) is 4.74 Å². The second kappa shape index (κ2) is 8.31. The molecule has 0 radical (unpaired) electrons. The highest BCUT2D eigenvalue weighted by molar-refractivity contribution is 9.10. The van der Waals surface area contributed by atoms with Crippen molar-refractivity contribution in [2.45, 2.75) is 20.4 Å². The van der Waals surface area contributed by atoms with E-state index in [-0.39, 0.29) is 5.91 Å². The monoisotopic (exact) mass is 390 g/mol. The number of likely N-dealkylation sites (N-methyl/N-ethyl adjacent to an activating group) is 1. The molecule has 0 aliphatic rings. The minimum absolute atomic E-state index is 0.0311. The maximum Gasteiger partial charge on any atom is 0.238 e. The van der Waals surface area contributed by atoms with Crippen LogP contribution in [0.15, 0.2) is 40.9 Å². The van der Waals surface area contributed by atoms with Crippen LogP contribution in [-0.4, -0.2) is 31.5 Å². The molecule has 0 saturated heterocycles. The average Bonchev–Trinajstić information content (AvgIpc) is 2.45. The highest BCUT2D eigenvalue weighted by Gasteiger charge is 2.11. The van der Waals surface area contributed by atoms with E-state index in [2.05, 4.69) is 27.3 Å². The highest BCUT2D eigenvalue weighted by Crippen LogP contribution is 2.24. The second-order valence-corrected chi connectivity index (χ2v) is 6.97. The van der Waals surface area contributed by atoms with Gasteiger partial charge in [-0.15, -0.1) is 0 Å². The zero-order chi connectivity index (χ0) is 17.7. The third-order valence-corrected chi connectivity index (χ3v) is 4.09. The first kappa shape index (κ1) is 18.5. The largest absolute Gasteiger partial charge is 0.496 e. The molecule has 2 aromatic carbocycles. The molecule has 0 heterocycles. The van der Waals surface area contributed by atoms with E-state index in [1.165, 1.54) is 0 Å². The Morgan fingerprint density at radius 1 is 1.17 bits per heavy atom. The summed E-state index contributed by atoms with van der Waals surface area (Å²) in [6.07, 6.45) is 0. The molecule has 0 spiro atoms. The van der Waals surface area contributed by atoms with Crippen LogP contribution in [0.5, 0.6) is 5.75 Å². The summed E-state index contributed by atoms with van der Waals surface area (Å²) in [5.41, 5.74) is 4.15. The van der Waals surface area contributed by atoms with Crippen LogP contribution in [0.1, 0.15) is 16.7 Å². The number of benzene rings is 2. The van der Waals surface area contributed by atoms with Gasteiger partial charge in [-0.2, -0.15) is 0 Å². The SMILES string of the molecule is COc1ccc(Br)cc1CN(C)CC(=O)Nc1cc(C)cc(C)c1. The summed E-state index contributed by atoms with van der Waals surface area (Å²) in [5, 5.41) is 2.96. The van der Waals surface area contributed by atoms with E-state index in [0.29, 0.717) is 13.1 Å². The first-order chi connectivity index (χ1) is 11.4. The van der Waals surface area contributed by atoms with E-state index in [0.717, 1.165) is 32.6 Å². The maximum atomic E-state index is 12.3. The first-order valence-corrected chi connectivity index (χ1v) is 8.56. The fourth-order valence-electron chi connectivity index (χ4n) is 2.71. The van der Waals surface area contributed by atoms with E-state index in [1.54, 1.807) is 7.11 Å². The van der Waals surface area contributed by atoms with Gasteiger partial charge < -0.3 is 10.1 Å². The Bertz CT molecular complexity index is 711. The predicted molar refractivity (Wildman–Crippen MR) is 102 cm³/mol. The average molecular weight is 391 g/mol. The molecule has 4 nitrogen and oxygen atoms in total. The zero-order valence-electron chi connectivity index (χ0n) is 14.5. The summed E-state index contributed by atoms with van der Waals surface area (Å²) in [5.74, 6) is 0.788. The lowest BCUT2D eigenvalue weighted by Crippen LogP contribution is -2.30. The minimum atomic E-state index is -0.0311. The van der Waals surface area contributed by atoms with Crippen molar-refractivity contribution in [3.05, 3.63) is 57.6 Å². The Kier molecular flexibility index (Phi) is 6.40. The topological polar surface area (TPSA) is 41.6 Å². The molecule has 0 aromatic heterocycles. The molecular weight excluding hydrogens is 368 g/mol. The molecule has 0 bridgehead atoms. The molecule has 0 aliphatic heterocycles. The Balaban J connectivity index is 1.98. The van der Waals surface area contributed by atoms with Gasteiger partial charge in [0.2, 0.25) is 5.91 Å². The van der Waals surface area contributed by atoms with Crippen LogP contribution in [0.3, 0.4) is 0 Å². The molecule has 0 saturated carbocycles. The van der Waals surface area contributed by atoms with Crippen molar-refractivity contribution in [3.8, 4) is 5.75 Å². The Morgan fingerprint density at radius 3 is 2.46 bits per heavy atom. The smallest absolute Gasteiger partial charge is 0.238 e. The lowest BCUT2D eigenvalue weighted by Gasteiger charge is -2.18. The van der Waals surface area contributed by atoms with Crippen LogP contribution in [0, 0.1) is 13.8 Å². The maximum absolute atomic E-state index is 12.3. The molecule has 5 heteroatoms. The highest BCUT2D eigenvalue weighted by atomic mass is 79.9. The van der Waals surface area contributed by atoms with E-state index in [1.807, 2.05) is 56.1 Å². The van der Waals surface area contributed by atoms with Crippen LogP contribution in [0.2, 0.25) is 0 Å². The van der Waals surface area contributed by atoms with Gasteiger partial charge in [-0.05, 0) is 62.4 Å². The quantitative estimate of drug-likeness (QED) is 0.805. The van der Waals surface area contributed by atoms with Crippen molar-refractivity contribution >= 4 is 27.5 Å². The van der Waals surface area contributed by atoms with Gasteiger partial charge in [-0.3, -0.25) is 9.69 Å². The number of nitrogens with one attached hydrogen (secondary N) is 1. The molecule has 0 atom stereocenters. The molecular formula is C19H23BrN2O2. The first-order valence-electron chi connectivity index (χ1n) is 7.76. The summed E-state index contributed by atoms with van der Waals surface area (Å²) >= 11 is 3.47. The van der Waals surface area contributed by atoms with Crippen molar-refractivity contribution in [1.82, 2.24) is 4.90 Å². The third-order valence-electron chi connectivity index (χ3n) is 3.60. The van der Waals surface area contributed by atoms with Gasteiger partial charge in [-0.1, -0.05) is 22.0 Å². The molecule has 1 N–H and O–H groups in total. The van der Waals surface area contributed by atoms with Gasteiger partial charge in [0, 0.05) is 22.3 Å². The van der Waals surface area contributed by atoms with Crippen LogP contribution in [0.4, 0.5) is 5.69 Å². The molecule has 2 rings (SSSR count). The lowest BCUT2D eigenvalue weighted by molar-refractivity contribution is -0.117. The normalized spacial score (nSPS) is 10.8. The number of anilines is 1. The van der Waals surface area contributed by atoms with Gasteiger partial charge in [0.25, 0.3) is 0 Å². The number of hydrogen-bond acceptors (Lipinski definition) is 3. The number of methoxy groups -OCH3 is 1. The summed E-state index contributed by atoms with van der Waals surface area (Å²) in [7, 11) is 3.57. The van der Waals surface area contributed by atoms with Gasteiger partial charge in [0.05, 0.1) is 13.7 Å². The number of ether oxygens (including phenoxy) is 1. The number of hydrogen-bond donors (Lipinski definition) is 1. The number of rotatable bonds is 6. The van der Waals surface area contributed by atoms with Crippen molar-refractivity contribution in [3.63, 3.8) is 0 Å². The Labute approximate surface area is 151 Å². The second-order valence-electron chi connectivity index (χ2n) is 6.05. The van der Waals surface area contributed by atoms with Crippen molar-refractivity contribution in [1.29, 1.82) is 0 Å². The molecule has 128 valence electrons. The fraction of sp³-hybridized carbons (Fsp3) is 0.316. The standard InChI is InChI=1S/C19H23BrN2O2/c1-13-7-14(2)9-17(8-13)21-19(23)12-22(3)11-15-10-16(20)5-6-18(15)24-4/h5-10H,11-12H2,1-4H3,(H,21,23). The predicted octanol–water partition coefficient (Wildman–Crippen LogP) is 4.15. The lowest BCUT2D eigenvalue weighted by atomic mass is 10.1. The Morgan fingerprint density at radius 2 is 1.83 bits per heavy atom. The van der Waals surface area contributed by atoms with E-state index >= 15 is 0 Å². The van der Waals surface area contributed by atoms with Gasteiger partial charge in [0.1, 0.15) is 5.75 Å². The number of aryl methyl sites for hydroxylation is 2. The fourth-order valence-corrected chi connectivity index (χ4v) is 3.12. The molecule has 24 heavy (non-hydrogen) atoms. The van der Waals surface area contributed by atoms with Gasteiger partial charge >= 0.3 is 0 Å². The van der Waals surface area contributed by atoms with E-state index < -0.39 is 0 Å². The molecule has 0 unspecified atom stereocenters.